The summed E-state index contributed by atoms with van der Waals surface area (Å²) in [6, 6.07) is 9.97. The van der Waals surface area contributed by atoms with Crippen LogP contribution in [0.2, 0.25) is 0 Å². The molecule has 27 heavy (non-hydrogen) atoms. The molecule has 1 aliphatic carbocycles. The summed E-state index contributed by atoms with van der Waals surface area (Å²) >= 11 is 0. The molecule has 0 fully saturated rings. The van der Waals surface area contributed by atoms with E-state index >= 15 is 0 Å². The van der Waals surface area contributed by atoms with E-state index in [1.807, 2.05) is 12.1 Å². The van der Waals surface area contributed by atoms with Crippen LogP contribution in [-0.2, 0) is 11.2 Å². The fourth-order valence-corrected chi connectivity index (χ4v) is 3.43. The van der Waals surface area contributed by atoms with Crippen molar-refractivity contribution < 1.29 is 23.4 Å². The van der Waals surface area contributed by atoms with Gasteiger partial charge in [0.25, 0.3) is 0 Å². The number of hydrogen-bond acceptors (Lipinski definition) is 5. The number of aromatic nitrogens is 2. The zero-order chi connectivity index (χ0) is 19.1. The Hall–Kier alpha value is -3.35. The summed E-state index contributed by atoms with van der Waals surface area (Å²) in [6.45, 7) is 0. The van der Waals surface area contributed by atoms with Crippen molar-refractivity contribution in [2.24, 2.45) is 0 Å². The zero-order valence-corrected chi connectivity index (χ0v) is 15.1. The Bertz CT molecular complexity index is 1060. The Balaban J connectivity index is 2.01. The molecule has 0 atom stereocenters. The first kappa shape index (κ1) is 17.1. The minimum Gasteiger partial charge on any atom is -0.493 e. The van der Waals surface area contributed by atoms with Crippen molar-refractivity contribution in [1.82, 2.24) is 9.78 Å². The first-order chi connectivity index (χ1) is 13.1. The third-order valence-electron chi connectivity index (χ3n) is 4.67. The summed E-state index contributed by atoms with van der Waals surface area (Å²) in [6.07, 6.45) is 0.462. The third-order valence-corrected chi connectivity index (χ3v) is 4.67. The molecular weight excluding hydrogens is 351 g/mol. The lowest BCUT2D eigenvalue weighted by atomic mass is 10.1. The second-order valence-electron chi connectivity index (χ2n) is 6.07. The molecule has 0 radical (unpaired) electrons. The Kier molecular flexibility index (Phi) is 4.07. The molecule has 1 aliphatic rings. The largest absolute Gasteiger partial charge is 0.493 e. The first-order valence-corrected chi connectivity index (χ1v) is 8.29. The van der Waals surface area contributed by atoms with Crippen LogP contribution in [0.3, 0.4) is 0 Å². The number of para-hydroxylation sites is 1. The number of nitrogens with zero attached hydrogens (tertiary/aromatic N) is 2. The maximum Gasteiger partial charge on any atom is 0.358 e. The summed E-state index contributed by atoms with van der Waals surface area (Å²) in [5.41, 5.74) is 3.52. The van der Waals surface area contributed by atoms with Crippen LogP contribution in [0, 0.1) is 5.82 Å². The number of rotatable bonds is 4. The number of carbonyl (C=O) groups excluding carboxylic acids is 1. The van der Waals surface area contributed by atoms with E-state index in [0.717, 1.165) is 11.1 Å². The van der Waals surface area contributed by atoms with Crippen LogP contribution in [0.1, 0.15) is 21.6 Å². The fourth-order valence-electron chi connectivity index (χ4n) is 3.43. The van der Waals surface area contributed by atoms with Crippen molar-refractivity contribution in [1.29, 1.82) is 0 Å². The molecule has 0 saturated heterocycles. The van der Waals surface area contributed by atoms with Gasteiger partial charge in [-0.3, -0.25) is 0 Å². The van der Waals surface area contributed by atoms with Gasteiger partial charge in [-0.1, -0.05) is 12.1 Å². The third kappa shape index (κ3) is 2.54. The summed E-state index contributed by atoms with van der Waals surface area (Å²) in [4.78, 5) is 12.3. The van der Waals surface area contributed by atoms with Crippen LogP contribution >= 0.6 is 0 Å². The second kappa shape index (κ2) is 6.42. The van der Waals surface area contributed by atoms with E-state index in [2.05, 4.69) is 5.10 Å². The molecule has 0 saturated carbocycles. The van der Waals surface area contributed by atoms with Crippen LogP contribution in [-0.4, -0.2) is 37.1 Å². The Labute approximate surface area is 155 Å². The molecule has 4 rings (SSSR count). The molecule has 0 spiro atoms. The molecule has 2 aromatic carbocycles. The van der Waals surface area contributed by atoms with Gasteiger partial charge in [0.1, 0.15) is 11.5 Å². The molecule has 6 nitrogen and oxygen atoms in total. The summed E-state index contributed by atoms with van der Waals surface area (Å²) < 4.78 is 31.6. The molecule has 0 N–H and O–H groups in total. The predicted molar refractivity (Wildman–Crippen MR) is 96.2 cm³/mol. The van der Waals surface area contributed by atoms with Gasteiger partial charge in [0.05, 0.1) is 27.0 Å². The van der Waals surface area contributed by atoms with E-state index in [4.69, 9.17) is 14.2 Å². The molecule has 3 aromatic rings. The average Bonchev–Trinajstić information content (AvgIpc) is 3.23. The van der Waals surface area contributed by atoms with Crippen molar-refractivity contribution in [2.75, 3.05) is 21.3 Å². The highest BCUT2D eigenvalue weighted by Gasteiger charge is 2.33. The minimum atomic E-state index is -0.562. The van der Waals surface area contributed by atoms with Gasteiger partial charge in [-0.15, -0.1) is 0 Å². The van der Waals surface area contributed by atoms with E-state index < -0.39 is 11.8 Å². The van der Waals surface area contributed by atoms with Crippen molar-refractivity contribution in [3.63, 3.8) is 0 Å². The van der Waals surface area contributed by atoms with Gasteiger partial charge in [-0.05, 0) is 29.8 Å². The van der Waals surface area contributed by atoms with E-state index in [1.165, 1.54) is 17.9 Å². The lowest BCUT2D eigenvalue weighted by Crippen LogP contribution is -2.07. The van der Waals surface area contributed by atoms with E-state index in [1.54, 1.807) is 32.4 Å². The minimum absolute atomic E-state index is 0.171. The molecule has 1 heterocycles. The molecule has 1 aromatic heterocycles. The highest BCUT2D eigenvalue weighted by atomic mass is 19.1. The second-order valence-corrected chi connectivity index (χ2v) is 6.07. The Morgan fingerprint density at radius 2 is 1.81 bits per heavy atom. The van der Waals surface area contributed by atoms with Crippen LogP contribution in [0.5, 0.6) is 11.5 Å². The maximum absolute atomic E-state index is 14.5. The topological polar surface area (TPSA) is 62.6 Å². The number of halogens is 1. The van der Waals surface area contributed by atoms with Gasteiger partial charge in [0.15, 0.2) is 17.2 Å². The highest BCUT2D eigenvalue weighted by Crippen LogP contribution is 2.45. The number of hydrogen-bond donors (Lipinski definition) is 0. The van der Waals surface area contributed by atoms with E-state index in [0.29, 0.717) is 29.2 Å². The number of fused-ring (bicyclic) bond motifs is 3. The van der Waals surface area contributed by atoms with E-state index in [-0.39, 0.29) is 11.4 Å². The lowest BCUT2D eigenvalue weighted by Gasteiger charge is -2.12. The summed E-state index contributed by atoms with van der Waals surface area (Å²) in [7, 11) is 4.41. The van der Waals surface area contributed by atoms with Gasteiger partial charge < -0.3 is 14.2 Å². The number of ether oxygens (including phenoxy) is 3. The molecule has 7 heteroatoms. The quantitative estimate of drug-likeness (QED) is 0.517. The number of benzene rings is 2. The van der Waals surface area contributed by atoms with Gasteiger partial charge in [0, 0.05) is 17.5 Å². The Morgan fingerprint density at radius 3 is 2.48 bits per heavy atom. The number of esters is 1. The van der Waals surface area contributed by atoms with Gasteiger partial charge in [-0.2, -0.15) is 5.10 Å². The Morgan fingerprint density at radius 1 is 1.11 bits per heavy atom. The molecular formula is C20H17FN2O4. The molecule has 0 bridgehead atoms. The van der Waals surface area contributed by atoms with Crippen LogP contribution in [0.4, 0.5) is 4.39 Å². The summed E-state index contributed by atoms with van der Waals surface area (Å²) in [5.74, 6) is 0.137. The van der Waals surface area contributed by atoms with Crippen LogP contribution in [0.15, 0.2) is 36.4 Å². The first-order valence-electron chi connectivity index (χ1n) is 8.29. The SMILES string of the molecule is COC(=O)c1nn(-c2ccccc2F)c2c1Cc1cc(OC)c(OC)cc1-2. The lowest BCUT2D eigenvalue weighted by molar-refractivity contribution is 0.0592. The molecule has 0 unspecified atom stereocenters. The smallest absolute Gasteiger partial charge is 0.358 e. The van der Waals surface area contributed by atoms with Crippen LogP contribution in [0.25, 0.3) is 16.9 Å². The number of methoxy groups -OCH3 is 3. The van der Waals surface area contributed by atoms with Gasteiger partial charge in [0.2, 0.25) is 0 Å². The van der Waals surface area contributed by atoms with Crippen molar-refractivity contribution in [2.45, 2.75) is 6.42 Å². The molecule has 138 valence electrons. The van der Waals surface area contributed by atoms with Crippen LogP contribution < -0.4 is 9.47 Å². The zero-order valence-electron chi connectivity index (χ0n) is 15.1. The van der Waals surface area contributed by atoms with E-state index in [9.17, 15) is 9.18 Å². The van der Waals surface area contributed by atoms with Crippen molar-refractivity contribution in [3.8, 4) is 28.4 Å². The molecule has 0 amide bonds. The van der Waals surface area contributed by atoms with Crippen molar-refractivity contribution >= 4 is 5.97 Å². The predicted octanol–water partition coefficient (Wildman–Crippen LogP) is 3.39. The standard InChI is InChI=1S/C20H17FN2O4/c1-25-16-9-11-8-13-18(20(24)27-3)22-23(15-7-5-4-6-14(15)21)19(13)12(11)10-17(16)26-2/h4-7,9-10H,8H2,1-3H3. The number of carbonyl (C=O) groups is 1. The average molecular weight is 368 g/mol. The highest BCUT2D eigenvalue weighted by molar-refractivity contribution is 5.94. The fraction of sp³-hybridized carbons (Fsp3) is 0.200. The van der Waals surface area contributed by atoms with Gasteiger partial charge >= 0.3 is 5.97 Å². The monoisotopic (exact) mass is 368 g/mol. The summed E-state index contributed by atoms with van der Waals surface area (Å²) in [5, 5.41) is 4.36. The van der Waals surface area contributed by atoms with Crippen molar-refractivity contribution in [3.05, 3.63) is 59.0 Å². The van der Waals surface area contributed by atoms with Gasteiger partial charge in [-0.25, -0.2) is 13.9 Å². The normalized spacial score (nSPS) is 11.7. The molecule has 0 aliphatic heterocycles. The maximum atomic E-state index is 14.5.